The summed E-state index contributed by atoms with van der Waals surface area (Å²) in [5, 5.41) is 13.3. The van der Waals surface area contributed by atoms with Gasteiger partial charge >= 0.3 is 5.69 Å². The van der Waals surface area contributed by atoms with Gasteiger partial charge in [-0.25, -0.2) is 0 Å². The van der Waals surface area contributed by atoms with Crippen LogP contribution in [-0.2, 0) is 0 Å². The molecule has 1 amide bonds. The van der Waals surface area contributed by atoms with Crippen molar-refractivity contribution in [2.24, 2.45) is 0 Å². The molecule has 0 unspecified atom stereocenters. The van der Waals surface area contributed by atoms with Crippen molar-refractivity contribution in [2.45, 2.75) is 13.8 Å². The highest BCUT2D eigenvalue weighted by molar-refractivity contribution is 6.05. The van der Waals surface area contributed by atoms with Crippen molar-refractivity contribution in [3.63, 3.8) is 0 Å². The monoisotopic (exact) mass is 288 g/mol. The van der Waals surface area contributed by atoms with Crippen molar-refractivity contribution in [1.29, 1.82) is 0 Å². The predicted molar refractivity (Wildman–Crippen MR) is 76.9 cm³/mol. The standard InChI is InChI=1S/C15H13FN2O3/c1-9-3-6-13(10(2)7-9)17-15(19)11-4-5-12(16)14(8-11)18(20)21/h3-8H,1-2H3,(H,17,19). The lowest BCUT2D eigenvalue weighted by Gasteiger charge is -2.09. The minimum absolute atomic E-state index is 0.0306. The smallest absolute Gasteiger partial charge is 0.305 e. The molecule has 0 aromatic heterocycles. The summed E-state index contributed by atoms with van der Waals surface area (Å²) >= 11 is 0. The third-order valence-corrected chi connectivity index (χ3v) is 3.04. The second kappa shape index (κ2) is 5.70. The molecule has 5 nitrogen and oxygen atoms in total. The lowest BCUT2D eigenvalue weighted by molar-refractivity contribution is -0.387. The second-order valence-electron chi connectivity index (χ2n) is 4.70. The molecule has 108 valence electrons. The third-order valence-electron chi connectivity index (χ3n) is 3.04. The van der Waals surface area contributed by atoms with E-state index in [1.807, 2.05) is 26.0 Å². The zero-order chi connectivity index (χ0) is 15.6. The van der Waals surface area contributed by atoms with Crippen LogP contribution in [0.25, 0.3) is 0 Å². The Morgan fingerprint density at radius 3 is 2.52 bits per heavy atom. The molecule has 0 atom stereocenters. The second-order valence-corrected chi connectivity index (χ2v) is 4.70. The number of anilines is 1. The average molecular weight is 288 g/mol. The SMILES string of the molecule is Cc1ccc(NC(=O)c2ccc(F)c([N+](=O)[O-])c2)c(C)c1. The van der Waals surface area contributed by atoms with Crippen molar-refractivity contribution in [2.75, 3.05) is 5.32 Å². The van der Waals surface area contributed by atoms with Gasteiger partial charge in [0.05, 0.1) is 4.92 Å². The Morgan fingerprint density at radius 1 is 1.19 bits per heavy atom. The molecule has 0 saturated carbocycles. The molecule has 0 spiro atoms. The summed E-state index contributed by atoms with van der Waals surface area (Å²) in [4.78, 5) is 21.9. The van der Waals surface area contributed by atoms with E-state index in [4.69, 9.17) is 0 Å². The number of nitrogens with one attached hydrogen (secondary N) is 1. The highest BCUT2D eigenvalue weighted by Crippen LogP contribution is 2.21. The van der Waals surface area contributed by atoms with Crippen LogP contribution < -0.4 is 5.32 Å². The number of nitro groups is 1. The van der Waals surface area contributed by atoms with Gasteiger partial charge in [0.2, 0.25) is 5.82 Å². The quantitative estimate of drug-likeness (QED) is 0.692. The molecule has 0 aliphatic rings. The fraction of sp³-hybridized carbons (Fsp3) is 0.133. The van der Waals surface area contributed by atoms with Crippen molar-refractivity contribution in [3.05, 3.63) is 69.0 Å². The van der Waals surface area contributed by atoms with Gasteiger partial charge in [-0.1, -0.05) is 17.7 Å². The lowest BCUT2D eigenvalue weighted by Crippen LogP contribution is -2.13. The average Bonchev–Trinajstić information content (AvgIpc) is 2.42. The van der Waals surface area contributed by atoms with E-state index in [9.17, 15) is 19.3 Å². The number of hydrogen-bond acceptors (Lipinski definition) is 3. The molecule has 0 heterocycles. The molecule has 0 aliphatic carbocycles. The molecule has 0 radical (unpaired) electrons. The van der Waals surface area contributed by atoms with Crippen LogP contribution in [0.2, 0.25) is 0 Å². The number of aryl methyl sites for hydroxylation is 2. The van der Waals surface area contributed by atoms with E-state index in [0.29, 0.717) is 5.69 Å². The Hall–Kier alpha value is -2.76. The molecule has 0 aliphatic heterocycles. The van der Waals surface area contributed by atoms with Crippen LogP contribution >= 0.6 is 0 Å². The van der Waals surface area contributed by atoms with Crippen LogP contribution in [0.5, 0.6) is 0 Å². The maximum absolute atomic E-state index is 13.2. The van der Waals surface area contributed by atoms with Gasteiger partial charge in [0, 0.05) is 17.3 Å². The number of amides is 1. The summed E-state index contributed by atoms with van der Waals surface area (Å²) in [6.07, 6.45) is 0. The first-order valence-electron chi connectivity index (χ1n) is 6.21. The Bertz CT molecular complexity index is 729. The number of nitro benzene ring substituents is 1. The summed E-state index contributed by atoms with van der Waals surface area (Å²) in [5.41, 5.74) is 1.85. The summed E-state index contributed by atoms with van der Waals surface area (Å²) in [5.74, 6) is -1.49. The van der Waals surface area contributed by atoms with Crippen LogP contribution in [0.1, 0.15) is 21.5 Å². The van der Waals surface area contributed by atoms with E-state index >= 15 is 0 Å². The Balaban J connectivity index is 2.28. The number of carbonyl (C=O) groups excluding carboxylic acids is 1. The molecular weight excluding hydrogens is 275 g/mol. The van der Waals surface area contributed by atoms with Gasteiger partial charge in [0.1, 0.15) is 0 Å². The van der Waals surface area contributed by atoms with Crippen molar-refractivity contribution < 1.29 is 14.1 Å². The lowest BCUT2D eigenvalue weighted by atomic mass is 10.1. The van der Waals surface area contributed by atoms with Gasteiger partial charge < -0.3 is 5.32 Å². The maximum atomic E-state index is 13.2. The summed E-state index contributed by atoms with van der Waals surface area (Å²) < 4.78 is 13.2. The van der Waals surface area contributed by atoms with Gasteiger partial charge in [0.15, 0.2) is 0 Å². The van der Waals surface area contributed by atoms with Crippen molar-refractivity contribution >= 4 is 17.3 Å². The first-order chi connectivity index (χ1) is 9.88. The van der Waals surface area contributed by atoms with Crippen LogP contribution in [0, 0.1) is 29.8 Å². The maximum Gasteiger partial charge on any atom is 0.305 e. The van der Waals surface area contributed by atoms with Crippen LogP contribution in [-0.4, -0.2) is 10.8 Å². The molecule has 2 aromatic carbocycles. The molecule has 0 saturated heterocycles. The number of rotatable bonds is 3. The highest BCUT2D eigenvalue weighted by Gasteiger charge is 2.17. The Labute approximate surface area is 120 Å². The minimum atomic E-state index is -0.969. The first-order valence-corrected chi connectivity index (χ1v) is 6.21. The van der Waals surface area contributed by atoms with E-state index in [1.54, 1.807) is 6.07 Å². The van der Waals surface area contributed by atoms with Gasteiger partial charge in [-0.05, 0) is 37.6 Å². The van der Waals surface area contributed by atoms with E-state index in [2.05, 4.69) is 5.32 Å². The molecule has 2 rings (SSSR count). The van der Waals surface area contributed by atoms with Crippen molar-refractivity contribution in [3.8, 4) is 0 Å². The zero-order valence-corrected chi connectivity index (χ0v) is 11.5. The fourth-order valence-corrected chi connectivity index (χ4v) is 1.94. The normalized spacial score (nSPS) is 10.2. The molecule has 21 heavy (non-hydrogen) atoms. The van der Waals surface area contributed by atoms with Crippen LogP contribution in [0.15, 0.2) is 36.4 Å². The summed E-state index contributed by atoms with van der Waals surface area (Å²) in [6, 6.07) is 8.55. The largest absolute Gasteiger partial charge is 0.322 e. The van der Waals surface area contributed by atoms with Gasteiger partial charge in [-0.2, -0.15) is 4.39 Å². The van der Waals surface area contributed by atoms with Crippen LogP contribution in [0.3, 0.4) is 0 Å². The minimum Gasteiger partial charge on any atom is -0.322 e. The zero-order valence-electron chi connectivity index (χ0n) is 11.5. The van der Waals surface area contributed by atoms with Gasteiger partial charge in [-0.3, -0.25) is 14.9 Å². The molecular formula is C15H13FN2O3. The van der Waals surface area contributed by atoms with E-state index < -0.39 is 22.3 Å². The first kappa shape index (κ1) is 14.6. The van der Waals surface area contributed by atoms with Gasteiger partial charge in [-0.15, -0.1) is 0 Å². The van der Waals surface area contributed by atoms with E-state index in [0.717, 1.165) is 23.3 Å². The summed E-state index contributed by atoms with van der Waals surface area (Å²) in [7, 11) is 0. The van der Waals surface area contributed by atoms with E-state index in [1.165, 1.54) is 6.07 Å². The number of carbonyl (C=O) groups is 1. The summed E-state index contributed by atoms with van der Waals surface area (Å²) in [6.45, 7) is 3.78. The van der Waals surface area contributed by atoms with Crippen LogP contribution in [0.4, 0.5) is 15.8 Å². The Kier molecular flexibility index (Phi) is 3.98. The molecule has 1 N–H and O–H groups in total. The topological polar surface area (TPSA) is 72.2 Å². The third kappa shape index (κ3) is 3.22. The number of halogens is 1. The molecule has 0 bridgehead atoms. The number of nitrogens with zero attached hydrogens (tertiary/aromatic N) is 1. The number of hydrogen-bond donors (Lipinski definition) is 1. The molecule has 2 aromatic rings. The number of benzene rings is 2. The van der Waals surface area contributed by atoms with Gasteiger partial charge in [0.25, 0.3) is 5.91 Å². The van der Waals surface area contributed by atoms with Crippen molar-refractivity contribution in [1.82, 2.24) is 0 Å². The fourth-order valence-electron chi connectivity index (χ4n) is 1.94. The van der Waals surface area contributed by atoms with E-state index in [-0.39, 0.29) is 5.56 Å². The highest BCUT2D eigenvalue weighted by atomic mass is 19.1. The Morgan fingerprint density at radius 2 is 1.90 bits per heavy atom. The molecule has 6 heteroatoms. The predicted octanol–water partition coefficient (Wildman–Crippen LogP) is 3.60. The molecule has 0 fully saturated rings.